The summed E-state index contributed by atoms with van der Waals surface area (Å²) in [6, 6.07) is 15.1. The van der Waals surface area contributed by atoms with E-state index in [9.17, 15) is 18.3 Å². The molecular formula is C31H38N4O5S. The summed E-state index contributed by atoms with van der Waals surface area (Å²) in [5, 5.41) is 14.6. The number of piperazine rings is 1. The molecule has 1 amide bonds. The zero-order valence-corrected chi connectivity index (χ0v) is 24.5. The lowest BCUT2D eigenvalue weighted by Gasteiger charge is -2.42. The Balaban J connectivity index is 1.39. The number of aliphatic hydroxyl groups is 1. The van der Waals surface area contributed by atoms with Crippen LogP contribution >= 0.6 is 0 Å². The number of carbonyl (C=O) groups is 1. The van der Waals surface area contributed by atoms with E-state index in [-0.39, 0.29) is 23.3 Å². The zero-order valence-electron chi connectivity index (χ0n) is 23.7. The number of aromatic nitrogens is 1. The van der Waals surface area contributed by atoms with E-state index in [4.69, 9.17) is 4.74 Å². The molecule has 0 spiro atoms. The lowest BCUT2D eigenvalue weighted by Crippen LogP contribution is -2.55. The van der Waals surface area contributed by atoms with Gasteiger partial charge < -0.3 is 20.1 Å². The van der Waals surface area contributed by atoms with Crippen LogP contribution in [0.2, 0.25) is 0 Å². The molecule has 1 aromatic heterocycles. The van der Waals surface area contributed by atoms with Crippen molar-refractivity contribution < 1.29 is 23.1 Å². The number of aryl methyl sites for hydroxylation is 1. The van der Waals surface area contributed by atoms with Crippen molar-refractivity contribution in [2.45, 2.75) is 68.7 Å². The van der Waals surface area contributed by atoms with E-state index in [1.54, 1.807) is 62.6 Å². The van der Waals surface area contributed by atoms with Crippen molar-refractivity contribution >= 4 is 15.9 Å². The summed E-state index contributed by atoms with van der Waals surface area (Å²) in [5.74, 6) is 0.472. The van der Waals surface area contributed by atoms with Gasteiger partial charge in [0.25, 0.3) is 0 Å². The third kappa shape index (κ3) is 6.46. The Morgan fingerprint density at radius 2 is 1.80 bits per heavy atom. The summed E-state index contributed by atoms with van der Waals surface area (Å²) in [7, 11) is -3.95. The minimum atomic E-state index is -3.95. The number of ether oxygens (including phenoxy) is 1. The number of nitrogens with zero attached hydrogens (tertiary/aromatic N) is 2. The molecule has 5 rings (SSSR count). The molecule has 3 atom stereocenters. The second kappa shape index (κ2) is 11.9. The number of benzene rings is 2. The zero-order chi connectivity index (χ0) is 29.2. The summed E-state index contributed by atoms with van der Waals surface area (Å²) in [5.41, 5.74) is 2.34. The van der Waals surface area contributed by atoms with Crippen molar-refractivity contribution in [2.75, 3.05) is 19.6 Å². The number of sulfonamides is 1. The summed E-state index contributed by atoms with van der Waals surface area (Å²) >= 11 is 0. The molecule has 0 aliphatic carbocycles. The SMILES string of the molecule is CCc1ccc(S(=O)(=O)NC2c3cc(CC(=O)N4CCNCC4Cc4ccncc4)ccc3OC(C)(C)C2O)cc1. The molecule has 0 saturated carbocycles. The number of nitrogens with one attached hydrogen (secondary N) is 2. The molecule has 3 heterocycles. The minimum absolute atomic E-state index is 0.00347. The molecule has 3 aromatic rings. The first-order valence-corrected chi connectivity index (χ1v) is 15.6. The Bertz CT molecular complexity index is 1480. The standard InChI is InChI=1S/C31H38N4O5S/c1-4-21-5-8-25(9-6-21)41(38,39)34-29-26-18-23(7-10-27(26)40-31(2,3)30(29)37)19-28(36)35-16-15-33-20-24(35)17-22-11-13-32-14-12-22/h5-14,18,24,29-30,33-34,37H,4,15-17,19-20H2,1-3H3. The number of amides is 1. The van der Waals surface area contributed by atoms with E-state index in [2.05, 4.69) is 15.0 Å². The van der Waals surface area contributed by atoms with Gasteiger partial charge in [-0.1, -0.05) is 25.1 Å². The van der Waals surface area contributed by atoms with Crippen molar-refractivity contribution in [3.63, 3.8) is 0 Å². The van der Waals surface area contributed by atoms with E-state index in [1.807, 2.05) is 30.0 Å². The number of fused-ring (bicyclic) bond motifs is 1. The largest absolute Gasteiger partial charge is 0.485 e. The summed E-state index contributed by atoms with van der Waals surface area (Å²) < 4.78 is 35.6. The highest BCUT2D eigenvalue weighted by Gasteiger charge is 2.44. The average Bonchev–Trinajstić information content (AvgIpc) is 2.96. The van der Waals surface area contributed by atoms with Crippen molar-refractivity contribution in [3.8, 4) is 5.75 Å². The van der Waals surface area contributed by atoms with Gasteiger partial charge >= 0.3 is 0 Å². The molecule has 10 heteroatoms. The number of rotatable bonds is 8. The smallest absolute Gasteiger partial charge is 0.241 e. The molecule has 3 N–H and O–H groups in total. The van der Waals surface area contributed by atoms with Crippen molar-refractivity contribution in [2.24, 2.45) is 0 Å². The number of carbonyl (C=O) groups excluding carboxylic acids is 1. The monoisotopic (exact) mass is 578 g/mol. The van der Waals surface area contributed by atoms with Crippen LogP contribution in [0.3, 0.4) is 0 Å². The van der Waals surface area contributed by atoms with Gasteiger partial charge in [0.15, 0.2) is 0 Å². The molecule has 1 fully saturated rings. The lowest BCUT2D eigenvalue weighted by atomic mass is 9.86. The molecule has 2 aliphatic rings. The highest BCUT2D eigenvalue weighted by Crippen LogP contribution is 2.41. The van der Waals surface area contributed by atoms with Gasteiger partial charge in [-0.15, -0.1) is 0 Å². The van der Waals surface area contributed by atoms with Gasteiger partial charge in [-0.3, -0.25) is 9.78 Å². The fourth-order valence-corrected chi connectivity index (χ4v) is 6.79. The predicted molar refractivity (Wildman–Crippen MR) is 156 cm³/mol. The van der Waals surface area contributed by atoms with Gasteiger partial charge in [0.05, 0.1) is 17.4 Å². The van der Waals surface area contributed by atoms with Gasteiger partial charge in [-0.25, -0.2) is 13.1 Å². The maximum absolute atomic E-state index is 13.5. The van der Waals surface area contributed by atoms with Gasteiger partial charge in [0, 0.05) is 43.6 Å². The average molecular weight is 579 g/mol. The number of hydrogen-bond acceptors (Lipinski definition) is 7. The quantitative estimate of drug-likeness (QED) is 0.376. The molecule has 3 unspecified atom stereocenters. The van der Waals surface area contributed by atoms with E-state index < -0.39 is 27.8 Å². The fraction of sp³-hybridized carbons (Fsp3) is 0.419. The second-order valence-electron chi connectivity index (χ2n) is 11.3. The topological polar surface area (TPSA) is 121 Å². The van der Waals surface area contributed by atoms with Crippen LogP contribution in [-0.2, 0) is 34.1 Å². The predicted octanol–water partition coefficient (Wildman–Crippen LogP) is 2.78. The maximum Gasteiger partial charge on any atom is 0.241 e. The molecule has 1 saturated heterocycles. The van der Waals surface area contributed by atoms with Crippen molar-refractivity contribution in [3.05, 3.63) is 89.2 Å². The second-order valence-corrected chi connectivity index (χ2v) is 13.0. The third-order valence-electron chi connectivity index (χ3n) is 7.98. The number of pyridine rings is 1. The van der Waals surface area contributed by atoms with E-state index in [0.29, 0.717) is 24.4 Å². The maximum atomic E-state index is 13.5. The first kappa shape index (κ1) is 29.2. The Morgan fingerprint density at radius 1 is 1.10 bits per heavy atom. The van der Waals surface area contributed by atoms with Crippen molar-refractivity contribution in [1.29, 1.82) is 0 Å². The molecule has 0 bridgehead atoms. The highest BCUT2D eigenvalue weighted by atomic mass is 32.2. The number of hydrogen-bond donors (Lipinski definition) is 3. The summed E-state index contributed by atoms with van der Waals surface area (Å²) in [6.45, 7) is 7.49. The first-order chi connectivity index (χ1) is 19.6. The van der Waals surface area contributed by atoms with E-state index in [0.717, 1.165) is 36.1 Å². The van der Waals surface area contributed by atoms with E-state index in [1.165, 1.54) is 0 Å². The van der Waals surface area contributed by atoms with Gasteiger partial charge in [-0.05, 0) is 79.8 Å². The molecule has 2 aliphatic heterocycles. The third-order valence-corrected chi connectivity index (χ3v) is 9.44. The van der Waals surface area contributed by atoms with Gasteiger partial charge in [0.2, 0.25) is 15.9 Å². The van der Waals surface area contributed by atoms with Crippen LogP contribution in [0.5, 0.6) is 5.75 Å². The van der Waals surface area contributed by atoms with Crippen molar-refractivity contribution in [1.82, 2.24) is 19.9 Å². The van der Waals surface area contributed by atoms with Crippen LogP contribution < -0.4 is 14.8 Å². The van der Waals surface area contributed by atoms with Crippen LogP contribution in [0.1, 0.15) is 49.1 Å². The summed E-state index contributed by atoms with van der Waals surface area (Å²) in [4.78, 5) is 19.7. The van der Waals surface area contributed by atoms with Crippen LogP contribution in [0, 0.1) is 0 Å². The Morgan fingerprint density at radius 3 is 2.51 bits per heavy atom. The molecule has 2 aromatic carbocycles. The lowest BCUT2D eigenvalue weighted by molar-refractivity contribution is -0.133. The van der Waals surface area contributed by atoms with Crippen LogP contribution in [0.25, 0.3) is 0 Å². The molecule has 9 nitrogen and oxygen atoms in total. The molecule has 218 valence electrons. The molecule has 41 heavy (non-hydrogen) atoms. The van der Waals surface area contributed by atoms with Crippen LogP contribution in [-0.4, -0.2) is 66.7 Å². The highest BCUT2D eigenvalue weighted by molar-refractivity contribution is 7.89. The van der Waals surface area contributed by atoms with Crippen LogP contribution in [0.4, 0.5) is 0 Å². The van der Waals surface area contributed by atoms with E-state index >= 15 is 0 Å². The minimum Gasteiger partial charge on any atom is -0.485 e. The molecular weight excluding hydrogens is 540 g/mol. The molecule has 0 radical (unpaired) electrons. The Hall–Kier alpha value is -3.31. The summed E-state index contributed by atoms with van der Waals surface area (Å²) in [6.07, 6.45) is 4.03. The van der Waals surface area contributed by atoms with Gasteiger partial charge in [-0.2, -0.15) is 0 Å². The fourth-order valence-electron chi connectivity index (χ4n) is 5.57. The van der Waals surface area contributed by atoms with Gasteiger partial charge in [0.1, 0.15) is 17.5 Å². The van der Waals surface area contributed by atoms with Crippen LogP contribution in [0.15, 0.2) is 71.9 Å². The normalized spacial score (nSPS) is 22.0. The Kier molecular flexibility index (Phi) is 8.47. The Labute approximate surface area is 242 Å². The first-order valence-electron chi connectivity index (χ1n) is 14.1. The number of aliphatic hydroxyl groups excluding tert-OH is 1.